The lowest BCUT2D eigenvalue weighted by Crippen LogP contribution is -2.56. The number of nitrogens with zero attached hydrogens (tertiary/aromatic N) is 2. The molecule has 2 aliphatic rings. The first kappa shape index (κ1) is 19.5. The molecular formula is C21H34N2O3. The zero-order valence-electron chi connectivity index (χ0n) is 16.3. The topological polar surface area (TPSA) is 45.2 Å². The molecule has 0 bridgehead atoms. The van der Waals surface area contributed by atoms with Crippen molar-refractivity contribution in [2.45, 2.75) is 57.2 Å². The second-order valence-electron chi connectivity index (χ2n) is 7.65. The van der Waals surface area contributed by atoms with E-state index in [0.717, 1.165) is 50.1 Å². The SMILES string of the molecule is COc1cc(CN2CCN(C3CCCCC3)[C@@H](CCO)C2)cc(OC)c1. The molecule has 26 heavy (non-hydrogen) atoms. The van der Waals surface area contributed by atoms with E-state index in [4.69, 9.17) is 9.47 Å². The monoisotopic (exact) mass is 362 g/mol. The standard InChI is InChI=1S/C21H34N2O3/c1-25-20-12-17(13-21(14-20)26-2)15-22-9-10-23(19(16-22)8-11-24)18-6-4-3-5-7-18/h12-14,18-19,24H,3-11,15-16H2,1-2H3/t19-/m0/s1. The number of methoxy groups -OCH3 is 2. The van der Waals surface area contributed by atoms with Gasteiger partial charge in [0.25, 0.3) is 0 Å². The predicted octanol–water partition coefficient (Wildman–Crippen LogP) is 2.91. The molecule has 5 nitrogen and oxygen atoms in total. The molecule has 1 aliphatic carbocycles. The summed E-state index contributed by atoms with van der Waals surface area (Å²) in [4.78, 5) is 5.20. The van der Waals surface area contributed by atoms with Crippen molar-refractivity contribution >= 4 is 0 Å². The van der Waals surface area contributed by atoms with E-state index in [1.54, 1.807) is 14.2 Å². The molecule has 1 atom stereocenters. The molecule has 146 valence electrons. The van der Waals surface area contributed by atoms with E-state index >= 15 is 0 Å². The summed E-state index contributed by atoms with van der Waals surface area (Å²) in [5, 5.41) is 9.57. The Kier molecular flexibility index (Phi) is 7.17. The number of aliphatic hydroxyl groups is 1. The van der Waals surface area contributed by atoms with Crippen LogP contribution in [0, 0.1) is 0 Å². The van der Waals surface area contributed by atoms with Crippen molar-refractivity contribution in [1.29, 1.82) is 0 Å². The van der Waals surface area contributed by atoms with E-state index in [2.05, 4.69) is 21.9 Å². The highest BCUT2D eigenvalue weighted by molar-refractivity contribution is 5.38. The van der Waals surface area contributed by atoms with Gasteiger partial charge >= 0.3 is 0 Å². The van der Waals surface area contributed by atoms with Gasteiger partial charge in [-0.05, 0) is 37.0 Å². The van der Waals surface area contributed by atoms with Gasteiger partial charge in [0.1, 0.15) is 11.5 Å². The Morgan fingerprint density at radius 3 is 2.31 bits per heavy atom. The van der Waals surface area contributed by atoms with Gasteiger partial charge in [-0.15, -0.1) is 0 Å². The second-order valence-corrected chi connectivity index (χ2v) is 7.65. The van der Waals surface area contributed by atoms with Crippen LogP contribution in [0.1, 0.15) is 44.1 Å². The third-order valence-corrected chi connectivity index (χ3v) is 5.94. The Bertz CT molecular complexity index is 538. The van der Waals surface area contributed by atoms with Crippen molar-refractivity contribution in [3.8, 4) is 11.5 Å². The van der Waals surface area contributed by atoms with Crippen molar-refractivity contribution in [3.63, 3.8) is 0 Å². The molecule has 0 amide bonds. The molecular weight excluding hydrogens is 328 g/mol. The Balaban J connectivity index is 1.65. The van der Waals surface area contributed by atoms with E-state index in [0.29, 0.717) is 6.04 Å². The quantitative estimate of drug-likeness (QED) is 0.808. The van der Waals surface area contributed by atoms with Gasteiger partial charge in [-0.25, -0.2) is 0 Å². The van der Waals surface area contributed by atoms with Gasteiger partial charge in [-0.3, -0.25) is 9.80 Å². The van der Waals surface area contributed by atoms with Crippen molar-refractivity contribution in [2.24, 2.45) is 0 Å². The molecule has 1 aromatic rings. The average molecular weight is 363 g/mol. The van der Waals surface area contributed by atoms with Crippen LogP contribution in [0.25, 0.3) is 0 Å². The summed E-state index contributed by atoms with van der Waals surface area (Å²) in [7, 11) is 3.39. The van der Waals surface area contributed by atoms with Gasteiger partial charge in [-0.1, -0.05) is 19.3 Å². The lowest BCUT2D eigenvalue weighted by molar-refractivity contribution is 0.0136. The first-order chi connectivity index (χ1) is 12.7. The number of hydrogen-bond donors (Lipinski definition) is 1. The van der Waals surface area contributed by atoms with E-state index in [1.165, 1.54) is 37.7 Å². The second kappa shape index (κ2) is 9.58. The van der Waals surface area contributed by atoms with Crippen LogP contribution in [0.5, 0.6) is 11.5 Å². The minimum atomic E-state index is 0.273. The van der Waals surface area contributed by atoms with Crippen LogP contribution in [0.3, 0.4) is 0 Å². The zero-order valence-corrected chi connectivity index (χ0v) is 16.3. The first-order valence-electron chi connectivity index (χ1n) is 10.0. The zero-order chi connectivity index (χ0) is 18.4. The molecule has 1 aromatic carbocycles. The van der Waals surface area contributed by atoms with Gasteiger partial charge in [-0.2, -0.15) is 0 Å². The van der Waals surface area contributed by atoms with E-state index in [-0.39, 0.29) is 6.61 Å². The molecule has 0 unspecified atom stereocenters. The number of ether oxygens (including phenoxy) is 2. The summed E-state index contributed by atoms with van der Waals surface area (Å²) < 4.78 is 10.8. The fourth-order valence-electron chi connectivity index (χ4n) is 4.59. The van der Waals surface area contributed by atoms with Crippen molar-refractivity contribution in [2.75, 3.05) is 40.5 Å². The van der Waals surface area contributed by atoms with Gasteiger partial charge in [0.05, 0.1) is 14.2 Å². The Morgan fingerprint density at radius 2 is 1.69 bits per heavy atom. The van der Waals surface area contributed by atoms with E-state index in [9.17, 15) is 5.11 Å². The van der Waals surface area contributed by atoms with Crippen molar-refractivity contribution in [3.05, 3.63) is 23.8 Å². The molecule has 1 heterocycles. The maximum absolute atomic E-state index is 9.57. The first-order valence-corrected chi connectivity index (χ1v) is 10.0. The third-order valence-electron chi connectivity index (χ3n) is 5.94. The molecule has 1 aliphatic heterocycles. The molecule has 0 spiro atoms. The van der Waals surface area contributed by atoms with Crippen molar-refractivity contribution in [1.82, 2.24) is 9.80 Å². The molecule has 2 fully saturated rings. The molecule has 0 aromatic heterocycles. The van der Waals surface area contributed by atoms with Gasteiger partial charge < -0.3 is 14.6 Å². The third kappa shape index (κ3) is 4.90. The van der Waals surface area contributed by atoms with Crippen LogP contribution in [0.2, 0.25) is 0 Å². The van der Waals surface area contributed by atoms with Crippen LogP contribution in [0.15, 0.2) is 18.2 Å². The van der Waals surface area contributed by atoms with Gasteiger partial charge in [0, 0.05) is 50.9 Å². The Labute approximate surface area is 157 Å². The van der Waals surface area contributed by atoms with Crippen LogP contribution in [0.4, 0.5) is 0 Å². The summed E-state index contributed by atoms with van der Waals surface area (Å²) in [6.45, 7) is 4.38. The predicted molar refractivity (Wildman–Crippen MR) is 104 cm³/mol. The Morgan fingerprint density at radius 1 is 1.00 bits per heavy atom. The van der Waals surface area contributed by atoms with Crippen LogP contribution in [-0.2, 0) is 6.54 Å². The fraction of sp³-hybridized carbons (Fsp3) is 0.714. The van der Waals surface area contributed by atoms with E-state index < -0.39 is 0 Å². The minimum Gasteiger partial charge on any atom is -0.497 e. The average Bonchev–Trinajstić information content (AvgIpc) is 2.69. The number of rotatable bonds is 7. The molecule has 1 saturated heterocycles. The molecule has 0 radical (unpaired) electrons. The number of benzene rings is 1. The highest BCUT2D eigenvalue weighted by Gasteiger charge is 2.32. The normalized spacial score (nSPS) is 23.1. The lowest BCUT2D eigenvalue weighted by Gasteiger charge is -2.46. The van der Waals surface area contributed by atoms with Crippen LogP contribution < -0.4 is 9.47 Å². The highest BCUT2D eigenvalue weighted by atomic mass is 16.5. The summed E-state index contributed by atoms with van der Waals surface area (Å²) in [5.41, 5.74) is 1.22. The smallest absolute Gasteiger partial charge is 0.122 e. The maximum Gasteiger partial charge on any atom is 0.122 e. The Hall–Kier alpha value is -1.30. The summed E-state index contributed by atoms with van der Waals surface area (Å²) in [5.74, 6) is 1.68. The number of hydrogen-bond acceptors (Lipinski definition) is 5. The molecule has 5 heteroatoms. The summed E-state index contributed by atoms with van der Waals surface area (Å²) in [6, 6.07) is 7.29. The highest BCUT2D eigenvalue weighted by Crippen LogP contribution is 2.28. The lowest BCUT2D eigenvalue weighted by atomic mass is 9.91. The summed E-state index contributed by atoms with van der Waals surface area (Å²) >= 11 is 0. The molecule has 3 rings (SSSR count). The largest absolute Gasteiger partial charge is 0.497 e. The van der Waals surface area contributed by atoms with E-state index in [1.807, 2.05) is 6.07 Å². The number of piperazine rings is 1. The molecule has 1 saturated carbocycles. The summed E-state index contributed by atoms with van der Waals surface area (Å²) in [6.07, 6.45) is 7.64. The maximum atomic E-state index is 9.57. The van der Waals surface area contributed by atoms with Crippen molar-refractivity contribution < 1.29 is 14.6 Å². The van der Waals surface area contributed by atoms with Gasteiger partial charge in [0.15, 0.2) is 0 Å². The van der Waals surface area contributed by atoms with Crippen LogP contribution in [-0.4, -0.2) is 67.5 Å². The minimum absolute atomic E-state index is 0.273. The number of aliphatic hydroxyl groups excluding tert-OH is 1. The van der Waals surface area contributed by atoms with Crippen LogP contribution >= 0.6 is 0 Å². The fourth-order valence-corrected chi connectivity index (χ4v) is 4.59. The van der Waals surface area contributed by atoms with Gasteiger partial charge in [0.2, 0.25) is 0 Å². The molecule has 1 N–H and O–H groups in total.